The summed E-state index contributed by atoms with van der Waals surface area (Å²) in [5.41, 5.74) is 0.423. The zero-order valence-electron chi connectivity index (χ0n) is 11.2. The zero-order valence-corrected chi connectivity index (χ0v) is 11.2. The molecular weight excluding hydrogens is 261 g/mol. The molecule has 0 spiro atoms. The van der Waals surface area contributed by atoms with Crippen LogP contribution in [-0.2, 0) is 4.79 Å². The Bertz CT molecular complexity index is 564. The standard InChI is InChI=1S/C15H16FNO3/c1-17(9-11-2-3-11)15(20)12-6-4-10(8-13(12)16)5-7-14(18)19/h4-8,11H,2-3,9H2,1H3,(H,18,19). The minimum absolute atomic E-state index is 0.0145. The maximum absolute atomic E-state index is 13.9. The van der Waals surface area contributed by atoms with Crippen molar-refractivity contribution in [3.8, 4) is 0 Å². The first kappa shape index (κ1) is 14.2. The average Bonchev–Trinajstić information content (AvgIpc) is 3.19. The molecule has 106 valence electrons. The predicted molar refractivity (Wildman–Crippen MR) is 72.8 cm³/mol. The number of carboxylic acids is 1. The summed E-state index contributed by atoms with van der Waals surface area (Å²) < 4.78 is 13.9. The lowest BCUT2D eigenvalue weighted by Crippen LogP contribution is -2.29. The maximum Gasteiger partial charge on any atom is 0.328 e. The second-order valence-electron chi connectivity index (χ2n) is 5.04. The van der Waals surface area contributed by atoms with Gasteiger partial charge in [0.25, 0.3) is 5.91 Å². The van der Waals surface area contributed by atoms with Gasteiger partial charge in [-0.15, -0.1) is 0 Å². The van der Waals surface area contributed by atoms with Gasteiger partial charge in [0.15, 0.2) is 0 Å². The van der Waals surface area contributed by atoms with Crippen molar-refractivity contribution in [1.29, 1.82) is 0 Å². The number of benzene rings is 1. The van der Waals surface area contributed by atoms with Gasteiger partial charge in [-0.3, -0.25) is 4.79 Å². The third-order valence-electron chi connectivity index (χ3n) is 3.22. The normalized spacial score (nSPS) is 14.5. The Morgan fingerprint density at radius 1 is 1.45 bits per heavy atom. The summed E-state index contributed by atoms with van der Waals surface area (Å²) in [5, 5.41) is 8.51. The van der Waals surface area contributed by atoms with Crippen LogP contribution in [0.3, 0.4) is 0 Å². The molecule has 0 unspecified atom stereocenters. The number of carbonyl (C=O) groups excluding carboxylic acids is 1. The summed E-state index contributed by atoms with van der Waals surface area (Å²) in [6, 6.07) is 4.08. The Balaban J connectivity index is 2.11. The average molecular weight is 277 g/mol. The summed E-state index contributed by atoms with van der Waals surface area (Å²) in [6.07, 6.45) is 4.46. The van der Waals surface area contributed by atoms with E-state index in [0.29, 0.717) is 18.0 Å². The monoisotopic (exact) mass is 277 g/mol. The first-order valence-corrected chi connectivity index (χ1v) is 6.43. The molecule has 1 fully saturated rings. The predicted octanol–water partition coefficient (Wildman–Crippen LogP) is 2.41. The second-order valence-corrected chi connectivity index (χ2v) is 5.04. The van der Waals surface area contributed by atoms with E-state index in [-0.39, 0.29) is 11.5 Å². The van der Waals surface area contributed by atoms with Crippen molar-refractivity contribution in [2.45, 2.75) is 12.8 Å². The number of rotatable bonds is 5. The van der Waals surface area contributed by atoms with Crippen molar-refractivity contribution >= 4 is 18.0 Å². The first-order chi connectivity index (χ1) is 9.47. The lowest BCUT2D eigenvalue weighted by Gasteiger charge is -2.17. The van der Waals surface area contributed by atoms with Crippen molar-refractivity contribution in [3.63, 3.8) is 0 Å². The second kappa shape index (κ2) is 5.86. The van der Waals surface area contributed by atoms with Gasteiger partial charge in [0.2, 0.25) is 0 Å². The molecule has 0 saturated heterocycles. The Labute approximate surface area is 116 Å². The molecule has 0 aromatic heterocycles. The molecule has 1 aromatic carbocycles. The Morgan fingerprint density at radius 2 is 2.15 bits per heavy atom. The molecule has 1 saturated carbocycles. The fourth-order valence-electron chi connectivity index (χ4n) is 1.95. The Hall–Kier alpha value is -2.17. The van der Waals surface area contributed by atoms with Crippen LogP contribution in [0.15, 0.2) is 24.3 Å². The van der Waals surface area contributed by atoms with Crippen molar-refractivity contribution in [2.75, 3.05) is 13.6 Å². The van der Waals surface area contributed by atoms with Gasteiger partial charge in [0.1, 0.15) is 5.82 Å². The van der Waals surface area contributed by atoms with E-state index in [1.165, 1.54) is 23.1 Å². The highest BCUT2D eigenvalue weighted by Gasteiger charge is 2.26. The van der Waals surface area contributed by atoms with Crippen LogP contribution < -0.4 is 0 Å². The van der Waals surface area contributed by atoms with Gasteiger partial charge >= 0.3 is 5.97 Å². The van der Waals surface area contributed by atoms with Crippen molar-refractivity contribution < 1.29 is 19.1 Å². The molecule has 1 aromatic rings. The number of hydrogen-bond donors (Lipinski definition) is 1. The van der Waals surface area contributed by atoms with Gasteiger partial charge < -0.3 is 10.0 Å². The van der Waals surface area contributed by atoms with Gasteiger partial charge in [0.05, 0.1) is 5.56 Å². The molecule has 0 atom stereocenters. The molecule has 1 amide bonds. The lowest BCUT2D eigenvalue weighted by atomic mass is 10.1. The summed E-state index contributed by atoms with van der Waals surface area (Å²) in [4.78, 5) is 24.0. The largest absolute Gasteiger partial charge is 0.478 e. The van der Waals surface area contributed by atoms with Gasteiger partial charge in [-0.2, -0.15) is 0 Å². The number of nitrogens with zero attached hydrogens (tertiary/aromatic N) is 1. The molecule has 1 N–H and O–H groups in total. The number of halogens is 1. The highest BCUT2D eigenvalue weighted by Crippen LogP contribution is 2.29. The number of hydrogen-bond acceptors (Lipinski definition) is 2. The molecule has 0 heterocycles. The number of amides is 1. The van der Waals surface area contributed by atoms with Crippen LogP contribution in [-0.4, -0.2) is 35.5 Å². The van der Waals surface area contributed by atoms with E-state index in [2.05, 4.69) is 0 Å². The van der Waals surface area contributed by atoms with Gasteiger partial charge in [-0.25, -0.2) is 9.18 Å². The first-order valence-electron chi connectivity index (χ1n) is 6.43. The fraction of sp³-hybridized carbons (Fsp3) is 0.333. The molecule has 0 aliphatic heterocycles. The number of carboxylic acid groups (broad SMARTS) is 1. The molecule has 5 heteroatoms. The third kappa shape index (κ3) is 3.66. The lowest BCUT2D eigenvalue weighted by molar-refractivity contribution is -0.131. The summed E-state index contributed by atoms with van der Waals surface area (Å²) in [5.74, 6) is -1.53. The smallest absolute Gasteiger partial charge is 0.328 e. The van der Waals surface area contributed by atoms with Crippen molar-refractivity contribution in [3.05, 3.63) is 41.2 Å². The van der Waals surface area contributed by atoms with E-state index in [4.69, 9.17) is 5.11 Å². The van der Waals surface area contributed by atoms with Gasteiger partial charge in [-0.05, 0) is 42.5 Å². The van der Waals surface area contributed by atoms with Crippen LogP contribution in [0.1, 0.15) is 28.8 Å². The zero-order chi connectivity index (χ0) is 14.7. The van der Waals surface area contributed by atoms with Crippen LogP contribution >= 0.6 is 0 Å². The fourth-order valence-corrected chi connectivity index (χ4v) is 1.95. The van der Waals surface area contributed by atoms with E-state index in [0.717, 1.165) is 25.0 Å². The summed E-state index contributed by atoms with van der Waals surface area (Å²) in [6.45, 7) is 0.652. The van der Waals surface area contributed by atoms with Crippen LogP contribution in [0.4, 0.5) is 4.39 Å². The number of carbonyl (C=O) groups is 2. The number of aliphatic carboxylic acids is 1. The van der Waals surface area contributed by atoms with E-state index >= 15 is 0 Å². The molecule has 1 aliphatic carbocycles. The molecule has 1 aliphatic rings. The molecular formula is C15H16FNO3. The van der Waals surface area contributed by atoms with E-state index in [1.807, 2.05) is 0 Å². The molecule has 4 nitrogen and oxygen atoms in total. The molecule has 0 bridgehead atoms. The molecule has 0 radical (unpaired) electrons. The minimum atomic E-state index is -1.10. The van der Waals surface area contributed by atoms with Crippen molar-refractivity contribution in [2.24, 2.45) is 5.92 Å². The van der Waals surface area contributed by atoms with Crippen molar-refractivity contribution in [1.82, 2.24) is 4.90 Å². The van der Waals surface area contributed by atoms with Gasteiger partial charge in [-0.1, -0.05) is 6.07 Å². The Kier molecular flexibility index (Phi) is 4.17. The molecule has 2 rings (SSSR count). The van der Waals surface area contributed by atoms with E-state index in [1.54, 1.807) is 7.05 Å². The van der Waals surface area contributed by atoms with Crippen LogP contribution in [0.25, 0.3) is 6.08 Å². The summed E-state index contributed by atoms with van der Waals surface area (Å²) in [7, 11) is 1.67. The topological polar surface area (TPSA) is 57.6 Å². The van der Waals surface area contributed by atoms with E-state index in [9.17, 15) is 14.0 Å². The maximum atomic E-state index is 13.9. The summed E-state index contributed by atoms with van der Waals surface area (Å²) >= 11 is 0. The highest BCUT2D eigenvalue weighted by molar-refractivity contribution is 5.94. The van der Waals surface area contributed by atoms with Crippen LogP contribution in [0.2, 0.25) is 0 Å². The molecule has 20 heavy (non-hydrogen) atoms. The van der Waals surface area contributed by atoms with E-state index < -0.39 is 11.8 Å². The SMILES string of the molecule is CN(CC1CC1)C(=O)c1ccc(C=CC(=O)O)cc1F. The Morgan fingerprint density at radius 3 is 2.70 bits per heavy atom. The minimum Gasteiger partial charge on any atom is -0.478 e. The quantitative estimate of drug-likeness (QED) is 0.841. The van der Waals surface area contributed by atoms with Gasteiger partial charge in [0, 0.05) is 19.7 Å². The highest BCUT2D eigenvalue weighted by atomic mass is 19.1. The third-order valence-corrected chi connectivity index (χ3v) is 3.22. The van der Waals surface area contributed by atoms with Crippen LogP contribution in [0, 0.1) is 11.7 Å². The van der Waals surface area contributed by atoms with Crippen LogP contribution in [0.5, 0.6) is 0 Å².